The first-order valence-corrected chi connectivity index (χ1v) is 7.94. The van der Waals surface area contributed by atoms with Crippen LogP contribution >= 0.6 is 0 Å². The van der Waals surface area contributed by atoms with Gasteiger partial charge in [-0.05, 0) is 43.0 Å². The summed E-state index contributed by atoms with van der Waals surface area (Å²) in [4.78, 5) is 24.3. The van der Waals surface area contributed by atoms with Gasteiger partial charge in [0.25, 0.3) is 0 Å². The summed E-state index contributed by atoms with van der Waals surface area (Å²) in [5.74, 6) is -1.39. The summed E-state index contributed by atoms with van der Waals surface area (Å²) in [5, 5.41) is 14.4. The van der Waals surface area contributed by atoms with Gasteiger partial charge in [-0.3, -0.25) is 9.59 Å². The van der Waals surface area contributed by atoms with Crippen LogP contribution in [0.3, 0.4) is 0 Å². The number of aliphatic hydroxyl groups excluding tert-OH is 1. The first kappa shape index (κ1) is 17.7. The molecular weight excluding hydrogens is 304 g/mol. The van der Waals surface area contributed by atoms with Gasteiger partial charge in [0.05, 0.1) is 6.04 Å². The molecule has 2 rings (SSSR count). The number of amides is 2. The SMILES string of the molecule is Cc1cccc(NC(=O)C(=O)NC(CCCO)c2ccccc2)c1. The Morgan fingerprint density at radius 3 is 2.46 bits per heavy atom. The van der Waals surface area contributed by atoms with Crippen LogP contribution in [-0.2, 0) is 9.59 Å². The highest BCUT2D eigenvalue weighted by molar-refractivity contribution is 6.39. The Morgan fingerprint density at radius 1 is 1.04 bits per heavy atom. The molecular formula is C19H22N2O3. The molecule has 5 heteroatoms. The fourth-order valence-electron chi connectivity index (χ4n) is 2.44. The summed E-state index contributed by atoms with van der Waals surface area (Å²) in [6.07, 6.45) is 1.10. The van der Waals surface area contributed by atoms with Crippen molar-refractivity contribution < 1.29 is 14.7 Å². The van der Waals surface area contributed by atoms with Crippen LogP contribution in [0.25, 0.3) is 0 Å². The van der Waals surface area contributed by atoms with Gasteiger partial charge >= 0.3 is 11.8 Å². The second-order valence-electron chi connectivity index (χ2n) is 5.63. The molecule has 0 radical (unpaired) electrons. The van der Waals surface area contributed by atoms with Gasteiger partial charge in [0.1, 0.15) is 0 Å². The van der Waals surface area contributed by atoms with E-state index < -0.39 is 11.8 Å². The van der Waals surface area contributed by atoms with Gasteiger partial charge in [0.2, 0.25) is 0 Å². The number of carbonyl (C=O) groups is 2. The lowest BCUT2D eigenvalue weighted by Gasteiger charge is -2.18. The quantitative estimate of drug-likeness (QED) is 0.714. The van der Waals surface area contributed by atoms with Gasteiger partial charge in [-0.15, -0.1) is 0 Å². The molecule has 2 aromatic carbocycles. The number of hydrogen-bond acceptors (Lipinski definition) is 3. The number of benzene rings is 2. The van der Waals surface area contributed by atoms with Crippen molar-refractivity contribution in [3.63, 3.8) is 0 Å². The molecule has 1 unspecified atom stereocenters. The number of hydrogen-bond donors (Lipinski definition) is 3. The molecule has 126 valence electrons. The third-order valence-corrected chi connectivity index (χ3v) is 3.64. The molecule has 3 N–H and O–H groups in total. The molecule has 0 saturated heterocycles. The second-order valence-corrected chi connectivity index (χ2v) is 5.63. The molecule has 0 heterocycles. The maximum Gasteiger partial charge on any atom is 0.313 e. The van der Waals surface area contributed by atoms with Crippen molar-refractivity contribution in [2.75, 3.05) is 11.9 Å². The molecule has 1 atom stereocenters. The molecule has 5 nitrogen and oxygen atoms in total. The zero-order chi connectivity index (χ0) is 17.4. The molecule has 0 fully saturated rings. The second kappa shape index (κ2) is 8.84. The maximum absolute atomic E-state index is 12.2. The maximum atomic E-state index is 12.2. The molecule has 2 amide bonds. The van der Waals surface area contributed by atoms with Gasteiger partial charge in [-0.2, -0.15) is 0 Å². The van der Waals surface area contributed by atoms with Crippen LogP contribution in [0.15, 0.2) is 54.6 Å². The zero-order valence-corrected chi connectivity index (χ0v) is 13.7. The smallest absolute Gasteiger partial charge is 0.313 e. The summed E-state index contributed by atoms with van der Waals surface area (Å²) in [5.41, 5.74) is 2.49. The number of nitrogens with one attached hydrogen (secondary N) is 2. The predicted molar refractivity (Wildman–Crippen MR) is 93.5 cm³/mol. The summed E-state index contributed by atoms with van der Waals surface area (Å²) in [6.45, 7) is 1.95. The van der Waals surface area contributed by atoms with E-state index in [1.165, 1.54) is 0 Å². The van der Waals surface area contributed by atoms with Crippen LogP contribution in [0.2, 0.25) is 0 Å². The number of aliphatic hydroxyl groups is 1. The highest BCUT2D eigenvalue weighted by Crippen LogP contribution is 2.18. The van der Waals surface area contributed by atoms with Crippen LogP contribution in [-0.4, -0.2) is 23.5 Å². The predicted octanol–water partition coefficient (Wildman–Crippen LogP) is 2.56. The lowest BCUT2D eigenvalue weighted by Crippen LogP contribution is -2.38. The minimum Gasteiger partial charge on any atom is -0.396 e. The largest absolute Gasteiger partial charge is 0.396 e. The summed E-state index contributed by atoms with van der Waals surface area (Å²) >= 11 is 0. The fourth-order valence-corrected chi connectivity index (χ4v) is 2.44. The number of aryl methyl sites for hydroxylation is 1. The Balaban J connectivity index is 2.02. The van der Waals surface area contributed by atoms with E-state index in [2.05, 4.69) is 10.6 Å². The van der Waals surface area contributed by atoms with E-state index in [9.17, 15) is 9.59 Å². The Hall–Kier alpha value is -2.66. The van der Waals surface area contributed by atoms with Gasteiger partial charge < -0.3 is 15.7 Å². The standard InChI is InChI=1S/C19H22N2O3/c1-14-7-5-10-16(13-14)20-18(23)19(24)21-17(11-6-12-22)15-8-3-2-4-9-15/h2-5,7-10,13,17,22H,6,11-12H2,1H3,(H,20,23)(H,21,24). The minimum absolute atomic E-state index is 0.0364. The fraction of sp³-hybridized carbons (Fsp3) is 0.263. The number of anilines is 1. The lowest BCUT2D eigenvalue weighted by molar-refractivity contribution is -0.136. The molecule has 0 saturated carbocycles. The van der Waals surface area contributed by atoms with Crippen molar-refractivity contribution >= 4 is 17.5 Å². The van der Waals surface area contributed by atoms with Crippen molar-refractivity contribution in [3.8, 4) is 0 Å². The van der Waals surface area contributed by atoms with Gasteiger partial charge in [0, 0.05) is 12.3 Å². The van der Waals surface area contributed by atoms with E-state index in [1.54, 1.807) is 12.1 Å². The van der Waals surface area contributed by atoms with Crippen molar-refractivity contribution in [1.29, 1.82) is 0 Å². The van der Waals surface area contributed by atoms with Crippen LogP contribution in [0.4, 0.5) is 5.69 Å². The van der Waals surface area contributed by atoms with Crippen LogP contribution in [0, 0.1) is 6.92 Å². The Kier molecular flexibility index (Phi) is 6.51. The minimum atomic E-state index is -0.703. The topological polar surface area (TPSA) is 78.4 Å². The highest BCUT2D eigenvalue weighted by Gasteiger charge is 2.19. The molecule has 0 bridgehead atoms. The highest BCUT2D eigenvalue weighted by atomic mass is 16.3. The molecule has 0 spiro atoms. The van der Waals surface area contributed by atoms with Crippen LogP contribution in [0.1, 0.15) is 30.0 Å². The molecule has 2 aromatic rings. The van der Waals surface area contributed by atoms with Crippen LogP contribution in [0.5, 0.6) is 0 Å². The Morgan fingerprint density at radius 2 is 1.79 bits per heavy atom. The third-order valence-electron chi connectivity index (χ3n) is 3.64. The molecule has 0 aliphatic heterocycles. The number of rotatable bonds is 6. The summed E-state index contributed by atoms with van der Waals surface area (Å²) in [7, 11) is 0. The summed E-state index contributed by atoms with van der Waals surface area (Å²) < 4.78 is 0. The van der Waals surface area contributed by atoms with E-state index in [0.717, 1.165) is 11.1 Å². The van der Waals surface area contributed by atoms with Crippen molar-refractivity contribution in [1.82, 2.24) is 5.32 Å². The molecule has 0 aliphatic rings. The van der Waals surface area contributed by atoms with E-state index >= 15 is 0 Å². The zero-order valence-electron chi connectivity index (χ0n) is 13.7. The van der Waals surface area contributed by atoms with Gasteiger partial charge in [-0.1, -0.05) is 42.5 Å². The van der Waals surface area contributed by atoms with Gasteiger partial charge in [-0.25, -0.2) is 0 Å². The van der Waals surface area contributed by atoms with Gasteiger partial charge in [0.15, 0.2) is 0 Å². The average Bonchev–Trinajstić information content (AvgIpc) is 2.59. The van der Waals surface area contributed by atoms with E-state index in [1.807, 2.05) is 49.4 Å². The van der Waals surface area contributed by atoms with Crippen LogP contribution < -0.4 is 10.6 Å². The van der Waals surface area contributed by atoms with E-state index in [0.29, 0.717) is 18.5 Å². The first-order chi connectivity index (χ1) is 11.6. The normalized spacial score (nSPS) is 11.6. The van der Waals surface area contributed by atoms with E-state index in [4.69, 9.17) is 5.11 Å². The van der Waals surface area contributed by atoms with Crippen molar-refractivity contribution in [2.45, 2.75) is 25.8 Å². The lowest BCUT2D eigenvalue weighted by atomic mass is 10.0. The first-order valence-electron chi connectivity index (χ1n) is 7.94. The van der Waals surface area contributed by atoms with Crippen molar-refractivity contribution in [3.05, 3.63) is 65.7 Å². The Labute approximate surface area is 141 Å². The molecule has 24 heavy (non-hydrogen) atoms. The van der Waals surface area contributed by atoms with E-state index in [-0.39, 0.29) is 12.6 Å². The average molecular weight is 326 g/mol. The summed E-state index contributed by atoms with van der Waals surface area (Å²) in [6, 6.07) is 16.4. The van der Waals surface area contributed by atoms with Crippen molar-refractivity contribution in [2.24, 2.45) is 0 Å². The molecule has 0 aliphatic carbocycles. The Bertz CT molecular complexity index is 686. The number of carbonyl (C=O) groups excluding carboxylic acids is 2. The monoisotopic (exact) mass is 326 g/mol. The molecule has 0 aromatic heterocycles. The third kappa shape index (κ3) is 5.21.